The van der Waals surface area contributed by atoms with Gasteiger partial charge < -0.3 is 5.11 Å². The Morgan fingerprint density at radius 2 is 2.00 bits per heavy atom. The van der Waals surface area contributed by atoms with Crippen LogP contribution in [0.25, 0.3) is 10.9 Å². The van der Waals surface area contributed by atoms with Crippen LogP contribution < -0.4 is 0 Å². The molecule has 16 heavy (non-hydrogen) atoms. The van der Waals surface area contributed by atoms with E-state index in [4.69, 9.17) is 15.8 Å². The van der Waals surface area contributed by atoms with Crippen molar-refractivity contribution in [3.63, 3.8) is 0 Å². The third-order valence-electron chi connectivity index (χ3n) is 2.15. The monoisotopic (exact) mass is 259 g/mol. The fraction of sp³-hybridized carbons (Fsp3) is 0. The summed E-state index contributed by atoms with van der Waals surface area (Å²) in [6, 6.07) is 5.64. The number of hydrogen-bond acceptors (Lipinski definition) is 3. The average Bonchev–Trinajstić information content (AvgIpc) is 2.58. The van der Waals surface area contributed by atoms with Crippen LogP contribution in [0.5, 0.6) is 0 Å². The smallest absolute Gasteiger partial charge is 0.415 e. The highest BCUT2D eigenvalue weighted by Gasteiger charge is 2.13. The van der Waals surface area contributed by atoms with Gasteiger partial charge in [0.1, 0.15) is 0 Å². The second kappa shape index (κ2) is 3.50. The normalized spacial score (nSPS) is 11.8. The zero-order chi connectivity index (χ0) is 11.9. The fourth-order valence-electron chi connectivity index (χ4n) is 1.43. The highest BCUT2D eigenvalue weighted by atomic mass is 35.7. The van der Waals surface area contributed by atoms with Gasteiger partial charge in [-0.05, 0) is 18.2 Å². The molecule has 0 atom stereocenters. The van der Waals surface area contributed by atoms with Crippen LogP contribution in [0, 0.1) is 0 Å². The van der Waals surface area contributed by atoms with Crippen LogP contribution in [-0.2, 0) is 9.05 Å². The molecule has 0 bridgehead atoms. The van der Waals surface area contributed by atoms with Crippen molar-refractivity contribution in [1.29, 1.82) is 0 Å². The van der Waals surface area contributed by atoms with Crippen molar-refractivity contribution in [2.45, 2.75) is 4.90 Å². The molecular formula is C9H6ClNO4S. The molecule has 2 rings (SSSR count). The standard InChI is InChI=1S/C9H6ClNO4S/c10-16(14,15)7-2-1-6-3-4-11(9(12)13)8(6)5-7/h1-5H,(H,12,13). The molecule has 0 fully saturated rings. The van der Waals surface area contributed by atoms with Crippen molar-refractivity contribution in [2.24, 2.45) is 0 Å². The largest absolute Gasteiger partial charge is 0.464 e. The van der Waals surface area contributed by atoms with Crippen molar-refractivity contribution < 1.29 is 18.3 Å². The van der Waals surface area contributed by atoms with Crippen molar-refractivity contribution in [3.05, 3.63) is 30.5 Å². The number of carboxylic acid groups (broad SMARTS) is 1. The van der Waals surface area contributed by atoms with Gasteiger partial charge in [-0.2, -0.15) is 0 Å². The number of rotatable bonds is 1. The van der Waals surface area contributed by atoms with Crippen molar-refractivity contribution >= 4 is 36.7 Å². The molecule has 7 heteroatoms. The second-order valence-electron chi connectivity index (χ2n) is 3.13. The molecule has 0 radical (unpaired) electrons. The Morgan fingerprint density at radius 3 is 2.56 bits per heavy atom. The SMILES string of the molecule is O=C(O)n1ccc2ccc(S(=O)(=O)Cl)cc21. The second-order valence-corrected chi connectivity index (χ2v) is 5.69. The van der Waals surface area contributed by atoms with Crippen LogP contribution in [0.2, 0.25) is 0 Å². The molecule has 0 aliphatic heterocycles. The zero-order valence-electron chi connectivity index (χ0n) is 7.79. The summed E-state index contributed by atoms with van der Waals surface area (Å²) in [7, 11) is 1.32. The summed E-state index contributed by atoms with van der Waals surface area (Å²) >= 11 is 0. The molecule has 0 unspecified atom stereocenters. The van der Waals surface area contributed by atoms with Gasteiger partial charge in [-0.1, -0.05) is 6.07 Å². The zero-order valence-corrected chi connectivity index (χ0v) is 9.36. The number of aromatic nitrogens is 1. The van der Waals surface area contributed by atoms with Gasteiger partial charge in [0.2, 0.25) is 0 Å². The summed E-state index contributed by atoms with van der Waals surface area (Å²) in [6.45, 7) is 0. The molecule has 0 amide bonds. The van der Waals surface area contributed by atoms with E-state index in [0.29, 0.717) is 5.39 Å². The van der Waals surface area contributed by atoms with E-state index in [0.717, 1.165) is 4.57 Å². The molecular weight excluding hydrogens is 254 g/mol. The lowest BCUT2D eigenvalue weighted by molar-refractivity contribution is 0.197. The summed E-state index contributed by atoms with van der Waals surface area (Å²) < 4.78 is 23.1. The Bertz CT molecular complexity index is 674. The van der Waals surface area contributed by atoms with Gasteiger partial charge in [-0.15, -0.1) is 0 Å². The third kappa shape index (κ3) is 1.77. The van der Waals surface area contributed by atoms with Crippen LogP contribution in [-0.4, -0.2) is 24.2 Å². The number of hydrogen-bond donors (Lipinski definition) is 1. The van der Waals surface area contributed by atoms with Gasteiger partial charge in [-0.3, -0.25) is 4.57 Å². The lowest BCUT2D eigenvalue weighted by Gasteiger charge is -2.00. The lowest BCUT2D eigenvalue weighted by atomic mass is 10.2. The van der Waals surface area contributed by atoms with Crippen molar-refractivity contribution in [3.8, 4) is 0 Å². The quantitative estimate of drug-likeness (QED) is 0.796. The molecule has 0 aliphatic carbocycles. The molecule has 84 valence electrons. The number of fused-ring (bicyclic) bond motifs is 1. The maximum Gasteiger partial charge on any atom is 0.415 e. The maximum absolute atomic E-state index is 11.1. The van der Waals surface area contributed by atoms with Crippen LogP contribution >= 0.6 is 10.7 Å². The van der Waals surface area contributed by atoms with E-state index in [1.165, 1.54) is 24.4 Å². The fourth-order valence-corrected chi connectivity index (χ4v) is 2.20. The van der Waals surface area contributed by atoms with Crippen molar-refractivity contribution in [1.82, 2.24) is 4.57 Å². The van der Waals surface area contributed by atoms with E-state index in [9.17, 15) is 13.2 Å². The topological polar surface area (TPSA) is 76.4 Å². The Kier molecular flexibility index (Phi) is 2.40. The molecule has 1 aromatic heterocycles. The minimum Gasteiger partial charge on any atom is -0.464 e. The molecule has 0 spiro atoms. The molecule has 1 aromatic carbocycles. The van der Waals surface area contributed by atoms with Gasteiger partial charge in [0.15, 0.2) is 0 Å². The summed E-state index contributed by atoms with van der Waals surface area (Å²) in [4.78, 5) is 10.7. The summed E-state index contributed by atoms with van der Waals surface area (Å²) in [5.74, 6) is 0. The summed E-state index contributed by atoms with van der Waals surface area (Å²) in [6.07, 6.45) is 0.164. The highest BCUT2D eigenvalue weighted by molar-refractivity contribution is 8.13. The predicted molar refractivity (Wildman–Crippen MR) is 58.4 cm³/mol. The van der Waals surface area contributed by atoms with Gasteiger partial charge in [0.25, 0.3) is 9.05 Å². The maximum atomic E-state index is 11.1. The molecule has 0 saturated carbocycles. The first-order valence-corrected chi connectivity index (χ1v) is 6.49. The molecule has 0 aliphatic rings. The van der Waals surface area contributed by atoms with Crippen LogP contribution in [0.3, 0.4) is 0 Å². The van der Waals surface area contributed by atoms with Gasteiger partial charge in [-0.25, -0.2) is 13.2 Å². The van der Waals surface area contributed by atoms with E-state index in [2.05, 4.69) is 0 Å². The lowest BCUT2D eigenvalue weighted by Crippen LogP contribution is -2.05. The Balaban J connectivity index is 2.78. The first kappa shape index (κ1) is 11.0. The first-order chi connectivity index (χ1) is 7.39. The molecule has 0 saturated heterocycles. The van der Waals surface area contributed by atoms with Crippen LogP contribution in [0.1, 0.15) is 0 Å². The van der Waals surface area contributed by atoms with E-state index in [1.807, 2.05) is 0 Å². The number of carbonyl (C=O) groups is 1. The van der Waals surface area contributed by atoms with E-state index >= 15 is 0 Å². The molecule has 1 N–H and O–H groups in total. The predicted octanol–water partition coefficient (Wildman–Crippen LogP) is 2.09. The molecule has 5 nitrogen and oxygen atoms in total. The summed E-state index contributed by atoms with van der Waals surface area (Å²) in [5, 5.41) is 9.48. The van der Waals surface area contributed by atoms with Crippen LogP contribution in [0.15, 0.2) is 35.4 Å². The minimum absolute atomic E-state index is 0.122. The van der Waals surface area contributed by atoms with Crippen LogP contribution in [0.4, 0.5) is 4.79 Å². The Labute approximate surface area is 95.3 Å². The van der Waals surface area contributed by atoms with E-state index in [1.54, 1.807) is 6.07 Å². The van der Waals surface area contributed by atoms with Crippen molar-refractivity contribution in [2.75, 3.05) is 0 Å². The Morgan fingerprint density at radius 1 is 1.31 bits per heavy atom. The number of benzene rings is 1. The third-order valence-corrected chi connectivity index (χ3v) is 3.50. The Hall–Kier alpha value is -1.53. The summed E-state index contributed by atoms with van der Waals surface area (Å²) in [5.41, 5.74) is 0.286. The molecule has 2 aromatic rings. The minimum atomic E-state index is -3.85. The molecule has 1 heterocycles. The first-order valence-electron chi connectivity index (χ1n) is 4.18. The highest BCUT2D eigenvalue weighted by Crippen LogP contribution is 2.22. The average molecular weight is 260 g/mol. The van der Waals surface area contributed by atoms with E-state index < -0.39 is 15.1 Å². The van der Waals surface area contributed by atoms with Gasteiger partial charge in [0.05, 0.1) is 10.4 Å². The van der Waals surface area contributed by atoms with Gasteiger partial charge in [0, 0.05) is 22.3 Å². The number of nitrogens with zero attached hydrogens (tertiary/aromatic N) is 1. The van der Waals surface area contributed by atoms with E-state index in [-0.39, 0.29) is 10.4 Å². The number of halogens is 1. The van der Waals surface area contributed by atoms with Gasteiger partial charge >= 0.3 is 6.09 Å².